The fourth-order valence-corrected chi connectivity index (χ4v) is 5.23. The van der Waals surface area contributed by atoms with Gasteiger partial charge in [-0.3, -0.25) is 9.59 Å². The maximum atomic E-state index is 12.6. The number of nitrogens with zero attached hydrogens (tertiary/aromatic N) is 2. The number of anilines is 1. The molecule has 0 aliphatic carbocycles. The number of para-hydroxylation sites is 1. The summed E-state index contributed by atoms with van der Waals surface area (Å²) in [6, 6.07) is 11.6. The van der Waals surface area contributed by atoms with E-state index in [9.17, 15) is 9.59 Å². The summed E-state index contributed by atoms with van der Waals surface area (Å²) >= 11 is 3.22. The molecule has 0 unspecified atom stereocenters. The van der Waals surface area contributed by atoms with Crippen molar-refractivity contribution in [3.8, 4) is 5.75 Å². The highest BCUT2D eigenvalue weighted by Gasteiger charge is 2.17. The molecule has 4 rings (SSSR count). The number of hydrogen-bond acceptors (Lipinski definition) is 6. The van der Waals surface area contributed by atoms with Crippen molar-refractivity contribution in [2.24, 2.45) is 0 Å². The van der Waals surface area contributed by atoms with E-state index in [-0.39, 0.29) is 25.0 Å². The van der Waals surface area contributed by atoms with Gasteiger partial charge in [-0.2, -0.15) is 0 Å². The quantitative estimate of drug-likeness (QED) is 0.434. The van der Waals surface area contributed by atoms with Gasteiger partial charge in [0, 0.05) is 24.2 Å². The Morgan fingerprint density at radius 1 is 1.23 bits per heavy atom. The third-order valence-corrected chi connectivity index (χ3v) is 6.84. The second kappa shape index (κ2) is 9.03. The number of hydrogen-bond donors (Lipinski definition) is 1. The number of benzene rings is 2. The van der Waals surface area contributed by atoms with Gasteiger partial charge in [0.2, 0.25) is 5.91 Å². The van der Waals surface area contributed by atoms with Crippen LogP contribution in [-0.4, -0.2) is 41.9 Å². The lowest BCUT2D eigenvalue weighted by Gasteiger charge is -2.18. The number of thiophene rings is 1. The van der Waals surface area contributed by atoms with Crippen LogP contribution in [0.5, 0.6) is 5.75 Å². The van der Waals surface area contributed by atoms with Crippen molar-refractivity contribution in [3.63, 3.8) is 0 Å². The van der Waals surface area contributed by atoms with Crippen LogP contribution in [0.25, 0.3) is 20.3 Å². The SMILES string of the molecule is CCc1ccccc1NC(=O)CN(C)C(=O)COc1cc2sc(C)nc2c2sccc12. The minimum absolute atomic E-state index is 0.0405. The molecule has 2 aromatic carbocycles. The molecule has 0 aliphatic heterocycles. The molecule has 0 fully saturated rings. The van der Waals surface area contributed by atoms with Crippen LogP contribution in [0.2, 0.25) is 0 Å². The summed E-state index contributed by atoms with van der Waals surface area (Å²) in [4.78, 5) is 31.0. The molecule has 0 saturated heterocycles. The Kier molecular flexibility index (Phi) is 6.20. The Morgan fingerprint density at radius 3 is 2.84 bits per heavy atom. The number of nitrogens with one attached hydrogen (secondary N) is 1. The first kappa shape index (κ1) is 21.3. The van der Waals surface area contributed by atoms with Crippen LogP contribution in [0.3, 0.4) is 0 Å². The third kappa shape index (κ3) is 4.55. The van der Waals surface area contributed by atoms with Crippen molar-refractivity contribution >= 4 is 60.5 Å². The minimum Gasteiger partial charge on any atom is -0.483 e. The van der Waals surface area contributed by atoms with Crippen LogP contribution in [0.15, 0.2) is 41.8 Å². The van der Waals surface area contributed by atoms with Crippen LogP contribution in [0.4, 0.5) is 5.69 Å². The Morgan fingerprint density at radius 2 is 2.03 bits per heavy atom. The molecule has 0 spiro atoms. The predicted molar refractivity (Wildman–Crippen MR) is 127 cm³/mol. The minimum atomic E-state index is -0.261. The van der Waals surface area contributed by atoms with Crippen LogP contribution in [0, 0.1) is 6.92 Å². The van der Waals surface area contributed by atoms with E-state index in [4.69, 9.17) is 4.74 Å². The number of likely N-dealkylation sites (N-methyl/N-ethyl adjacent to an activating group) is 1. The topological polar surface area (TPSA) is 71.5 Å². The second-order valence-electron chi connectivity index (χ2n) is 7.22. The summed E-state index contributed by atoms with van der Waals surface area (Å²) in [5, 5.41) is 6.83. The molecular weight excluding hydrogens is 430 g/mol. The van der Waals surface area contributed by atoms with Gasteiger partial charge in [-0.05, 0) is 36.4 Å². The lowest BCUT2D eigenvalue weighted by molar-refractivity contribution is -0.135. The number of carbonyl (C=O) groups excluding carboxylic acids is 2. The number of thiazole rings is 1. The fraction of sp³-hybridized carbons (Fsp3) is 0.261. The van der Waals surface area contributed by atoms with E-state index in [1.807, 2.05) is 55.6 Å². The van der Waals surface area contributed by atoms with E-state index in [0.717, 1.165) is 43.0 Å². The third-order valence-electron chi connectivity index (χ3n) is 5.00. The monoisotopic (exact) mass is 453 g/mol. The van der Waals surface area contributed by atoms with Crippen molar-refractivity contribution in [2.45, 2.75) is 20.3 Å². The normalized spacial score (nSPS) is 11.1. The van der Waals surface area contributed by atoms with Gasteiger partial charge in [0.25, 0.3) is 5.91 Å². The number of fused-ring (bicyclic) bond motifs is 3. The Bertz CT molecular complexity index is 1260. The van der Waals surface area contributed by atoms with Gasteiger partial charge in [0.05, 0.1) is 26.5 Å². The van der Waals surface area contributed by atoms with Crippen molar-refractivity contribution in [3.05, 3.63) is 52.3 Å². The smallest absolute Gasteiger partial charge is 0.260 e. The van der Waals surface area contributed by atoms with Gasteiger partial charge >= 0.3 is 0 Å². The molecule has 160 valence electrons. The van der Waals surface area contributed by atoms with Crippen molar-refractivity contribution in [1.29, 1.82) is 0 Å². The number of ether oxygens (including phenoxy) is 1. The molecule has 31 heavy (non-hydrogen) atoms. The van der Waals surface area contributed by atoms with Gasteiger partial charge in [0.1, 0.15) is 5.75 Å². The Hall–Kier alpha value is -2.97. The largest absolute Gasteiger partial charge is 0.483 e. The highest BCUT2D eigenvalue weighted by molar-refractivity contribution is 7.21. The van der Waals surface area contributed by atoms with Gasteiger partial charge in [-0.15, -0.1) is 22.7 Å². The van der Waals surface area contributed by atoms with E-state index >= 15 is 0 Å². The molecule has 0 saturated carbocycles. The number of amides is 2. The average Bonchev–Trinajstić information content (AvgIpc) is 3.37. The fourth-order valence-electron chi connectivity index (χ4n) is 3.40. The molecule has 8 heteroatoms. The first-order valence-electron chi connectivity index (χ1n) is 9.98. The first-order chi connectivity index (χ1) is 15.0. The zero-order valence-corrected chi connectivity index (χ0v) is 19.2. The van der Waals surface area contributed by atoms with Crippen LogP contribution in [0.1, 0.15) is 17.5 Å². The maximum Gasteiger partial charge on any atom is 0.260 e. The second-order valence-corrected chi connectivity index (χ2v) is 9.37. The lowest BCUT2D eigenvalue weighted by atomic mass is 10.1. The molecule has 2 amide bonds. The van der Waals surface area contributed by atoms with Crippen LogP contribution in [-0.2, 0) is 16.0 Å². The molecule has 0 atom stereocenters. The van der Waals surface area contributed by atoms with Gasteiger partial charge in [-0.1, -0.05) is 25.1 Å². The Labute approximate surface area is 188 Å². The summed E-state index contributed by atoms with van der Waals surface area (Å²) in [6.07, 6.45) is 0.819. The highest BCUT2D eigenvalue weighted by atomic mass is 32.1. The molecule has 1 N–H and O–H groups in total. The van der Waals surface area contributed by atoms with E-state index in [2.05, 4.69) is 10.3 Å². The van der Waals surface area contributed by atoms with Gasteiger partial charge < -0.3 is 15.0 Å². The molecule has 2 aromatic heterocycles. The molecule has 0 radical (unpaired) electrons. The molecule has 4 aromatic rings. The molecule has 0 bridgehead atoms. The summed E-state index contributed by atoms with van der Waals surface area (Å²) in [5.74, 6) is 0.164. The van der Waals surface area contributed by atoms with Gasteiger partial charge in [0.15, 0.2) is 6.61 Å². The molecule has 6 nitrogen and oxygen atoms in total. The summed E-state index contributed by atoms with van der Waals surface area (Å²) < 4.78 is 7.98. The summed E-state index contributed by atoms with van der Waals surface area (Å²) in [5.41, 5.74) is 2.81. The zero-order valence-electron chi connectivity index (χ0n) is 17.6. The van der Waals surface area contributed by atoms with Crippen molar-refractivity contribution in [2.75, 3.05) is 25.5 Å². The molecule has 2 heterocycles. The predicted octanol–water partition coefficient (Wildman–Crippen LogP) is 4.86. The number of carbonyl (C=O) groups is 2. The van der Waals surface area contributed by atoms with Crippen LogP contribution >= 0.6 is 22.7 Å². The maximum absolute atomic E-state index is 12.6. The van der Waals surface area contributed by atoms with Crippen molar-refractivity contribution in [1.82, 2.24) is 9.88 Å². The Balaban J connectivity index is 1.40. The van der Waals surface area contributed by atoms with E-state index in [1.54, 1.807) is 29.7 Å². The van der Waals surface area contributed by atoms with Crippen LogP contribution < -0.4 is 10.1 Å². The van der Waals surface area contributed by atoms with Crippen molar-refractivity contribution < 1.29 is 14.3 Å². The first-order valence-corrected chi connectivity index (χ1v) is 11.7. The molecular formula is C23H23N3O3S2. The highest BCUT2D eigenvalue weighted by Crippen LogP contribution is 2.38. The lowest BCUT2D eigenvalue weighted by Crippen LogP contribution is -2.37. The average molecular weight is 454 g/mol. The molecule has 0 aliphatic rings. The standard InChI is InChI=1S/C23H23N3O3S2/c1-4-15-7-5-6-8-17(15)25-20(27)12-26(3)21(28)13-29-18-11-19-22(24-14(2)31-19)23-16(18)9-10-30-23/h5-11H,4,12-13H2,1-3H3,(H,25,27). The number of aromatic nitrogens is 1. The number of aryl methyl sites for hydroxylation is 2. The number of rotatable bonds is 7. The summed E-state index contributed by atoms with van der Waals surface area (Å²) in [7, 11) is 1.60. The van der Waals surface area contributed by atoms with E-state index in [1.165, 1.54) is 4.90 Å². The zero-order chi connectivity index (χ0) is 22.0. The summed E-state index contributed by atoms with van der Waals surface area (Å²) in [6.45, 7) is 3.84. The van der Waals surface area contributed by atoms with Gasteiger partial charge in [-0.25, -0.2) is 4.98 Å². The van der Waals surface area contributed by atoms with E-state index < -0.39 is 0 Å². The van der Waals surface area contributed by atoms with E-state index in [0.29, 0.717) is 5.75 Å².